The van der Waals surface area contributed by atoms with Crippen LogP contribution in [0.5, 0.6) is 0 Å². The van der Waals surface area contributed by atoms with Gasteiger partial charge in [-0.2, -0.15) is 0 Å². The van der Waals surface area contributed by atoms with Crippen molar-refractivity contribution in [2.75, 3.05) is 6.61 Å². The molecule has 0 N–H and O–H groups in total. The molecule has 4 aliphatic rings. The van der Waals surface area contributed by atoms with E-state index in [9.17, 15) is 19.2 Å². The van der Waals surface area contributed by atoms with Crippen LogP contribution in [-0.2, 0) is 19.1 Å². The predicted molar refractivity (Wildman–Crippen MR) is 150 cm³/mol. The van der Waals surface area contributed by atoms with Crippen molar-refractivity contribution in [3.05, 3.63) is 106 Å². The summed E-state index contributed by atoms with van der Waals surface area (Å²) in [6.45, 7) is 7.32. The number of rotatable bonds is 7. The highest BCUT2D eigenvalue weighted by molar-refractivity contribution is 6.10. The molecule has 2 bridgehead atoms. The van der Waals surface area contributed by atoms with E-state index in [2.05, 4.69) is 24.3 Å². The average molecular weight is 536 g/mol. The minimum atomic E-state index is -1.08. The van der Waals surface area contributed by atoms with Gasteiger partial charge in [0.05, 0.1) is 11.8 Å². The highest BCUT2D eigenvalue weighted by Crippen LogP contribution is 2.61. The maximum Gasteiger partial charge on any atom is 0.329 e. The quantitative estimate of drug-likeness (QED) is 0.232. The molecule has 40 heavy (non-hydrogen) atoms. The van der Waals surface area contributed by atoms with Gasteiger partial charge < -0.3 is 4.74 Å². The van der Waals surface area contributed by atoms with Crippen LogP contribution in [0.3, 0.4) is 0 Å². The van der Waals surface area contributed by atoms with E-state index in [1.165, 1.54) is 4.90 Å². The van der Waals surface area contributed by atoms with Gasteiger partial charge in [0.1, 0.15) is 6.04 Å². The van der Waals surface area contributed by atoms with E-state index in [0.29, 0.717) is 5.56 Å². The summed E-state index contributed by atoms with van der Waals surface area (Å²) in [7, 11) is 0. The summed E-state index contributed by atoms with van der Waals surface area (Å²) >= 11 is 0. The van der Waals surface area contributed by atoms with Crippen molar-refractivity contribution in [1.29, 1.82) is 0 Å². The Kier molecular flexibility index (Phi) is 6.44. The van der Waals surface area contributed by atoms with Gasteiger partial charge in [0.2, 0.25) is 11.8 Å². The lowest BCUT2D eigenvalue weighted by Crippen LogP contribution is -2.47. The smallest absolute Gasteiger partial charge is 0.329 e. The van der Waals surface area contributed by atoms with Crippen molar-refractivity contribution in [1.82, 2.24) is 4.90 Å². The van der Waals surface area contributed by atoms with Gasteiger partial charge in [0, 0.05) is 17.4 Å². The van der Waals surface area contributed by atoms with Crippen LogP contribution < -0.4 is 0 Å². The molecule has 0 aromatic heterocycles. The number of benzene rings is 3. The summed E-state index contributed by atoms with van der Waals surface area (Å²) in [6, 6.07) is 20.4. The first-order valence-electron chi connectivity index (χ1n) is 14.0. The number of amides is 2. The van der Waals surface area contributed by atoms with Crippen molar-refractivity contribution in [3.63, 3.8) is 0 Å². The standard InChI is InChI=1S/C34H33NO5/c1-18(2)15-26(34(39)40-17-27(36)21-14-13-19(3)20(4)16-21)35-32(37)30-28-22-9-5-6-10-23(22)29(31(30)33(35)38)25-12-8-7-11-24(25)28/h5-14,16,18,26,28-31H,15,17H2,1-4H3/t26-,28?,29?,30+,31+/m1/s1. The third kappa shape index (κ3) is 4.00. The lowest BCUT2D eigenvalue weighted by molar-refractivity contribution is -0.158. The van der Waals surface area contributed by atoms with E-state index >= 15 is 0 Å². The maximum atomic E-state index is 14.1. The van der Waals surface area contributed by atoms with E-state index in [-0.39, 0.29) is 41.8 Å². The Hall–Kier alpha value is -4.06. The average Bonchev–Trinajstić information content (AvgIpc) is 3.21. The zero-order chi connectivity index (χ0) is 28.3. The van der Waals surface area contributed by atoms with Crippen molar-refractivity contribution in [3.8, 4) is 0 Å². The molecule has 0 spiro atoms. The Morgan fingerprint density at radius 3 is 1.73 bits per heavy atom. The molecule has 3 atom stereocenters. The molecule has 6 nitrogen and oxygen atoms in total. The summed E-state index contributed by atoms with van der Waals surface area (Å²) in [5.41, 5.74) is 6.83. The Morgan fingerprint density at radius 2 is 1.27 bits per heavy atom. The third-order valence-electron chi connectivity index (χ3n) is 8.94. The summed E-state index contributed by atoms with van der Waals surface area (Å²) in [5.74, 6) is -3.29. The molecule has 0 radical (unpaired) electrons. The topological polar surface area (TPSA) is 80.8 Å². The number of ketones is 1. The zero-order valence-corrected chi connectivity index (χ0v) is 23.2. The monoisotopic (exact) mass is 535 g/mol. The van der Waals surface area contributed by atoms with E-state index in [4.69, 9.17) is 4.74 Å². The molecular formula is C34H33NO5. The van der Waals surface area contributed by atoms with Crippen LogP contribution in [0.15, 0.2) is 66.7 Å². The number of aryl methyl sites for hydroxylation is 2. The number of esters is 1. The third-order valence-corrected chi connectivity index (χ3v) is 8.94. The molecule has 0 unspecified atom stereocenters. The number of likely N-dealkylation sites (tertiary alicyclic amines) is 1. The molecule has 3 aromatic rings. The van der Waals surface area contributed by atoms with E-state index in [1.54, 1.807) is 12.1 Å². The molecule has 1 saturated heterocycles. The predicted octanol–water partition coefficient (Wildman–Crippen LogP) is 5.34. The molecule has 7 rings (SSSR count). The number of nitrogens with zero attached hydrogens (tertiary/aromatic N) is 1. The summed E-state index contributed by atoms with van der Waals surface area (Å²) in [5, 5.41) is 0. The fourth-order valence-corrected chi connectivity index (χ4v) is 6.99. The molecule has 6 heteroatoms. The Labute approximate surface area is 234 Å². The van der Waals surface area contributed by atoms with Crippen LogP contribution in [0.25, 0.3) is 0 Å². The minimum Gasteiger partial charge on any atom is -0.456 e. The van der Waals surface area contributed by atoms with Crippen LogP contribution in [0.4, 0.5) is 0 Å². The van der Waals surface area contributed by atoms with Gasteiger partial charge in [0.15, 0.2) is 12.4 Å². The first-order chi connectivity index (χ1) is 19.2. The minimum absolute atomic E-state index is 0.0161. The van der Waals surface area contributed by atoms with Gasteiger partial charge in [-0.25, -0.2) is 4.79 Å². The van der Waals surface area contributed by atoms with Gasteiger partial charge in [-0.1, -0.05) is 74.5 Å². The normalized spacial score (nSPS) is 23.1. The molecule has 3 aromatic carbocycles. The molecule has 0 saturated carbocycles. The highest BCUT2D eigenvalue weighted by atomic mass is 16.5. The first-order valence-corrected chi connectivity index (χ1v) is 14.0. The zero-order valence-electron chi connectivity index (χ0n) is 23.2. The number of hydrogen-bond acceptors (Lipinski definition) is 5. The number of Topliss-reactive ketones (excluding diaryl/α,β-unsaturated/α-hetero) is 1. The van der Waals surface area contributed by atoms with Crippen LogP contribution in [0.1, 0.15) is 75.8 Å². The van der Waals surface area contributed by atoms with Crippen molar-refractivity contribution in [2.45, 2.75) is 52.0 Å². The lowest BCUT2D eigenvalue weighted by atomic mass is 9.55. The number of imide groups is 1. The fourth-order valence-electron chi connectivity index (χ4n) is 6.99. The molecule has 204 valence electrons. The Morgan fingerprint density at radius 1 is 0.775 bits per heavy atom. The van der Waals surface area contributed by atoms with Gasteiger partial charge in [-0.3, -0.25) is 19.3 Å². The SMILES string of the molecule is Cc1ccc(C(=O)COC(=O)[C@@H](CC(C)C)N2C(=O)[C@H]3C4c5ccccc5C(c5ccccc54)[C@@H]3C2=O)cc1C. The molecule has 1 aliphatic heterocycles. The van der Waals surface area contributed by atoms with Gasteiger partial charge >= 0.3 is 5.97 Å². The second-order valence-corrected chi connectivity index (χ2v) is 11.8. The van der Waals surface area contributed by atoms with Crippen LogP contribution in [-0.4, -0.2) is 41.1 Å². The second-order valence-electron chi connectivity index (χ2n) is 11.8. The van der Waals surface area contributed by atoms with Crippen LogP contribution in [0, 0.1) is 31.6 Å². The van der Waals surface area contributed by atoms with E-state index in [1.807, 2.05) is 58.0 Å². The molecule has 1 fully saturated rings. The fraction of sp³-hybridized carbons (Fsp3) is 0.353. The van der Waals surface area contributed by atoms with Gasteiger partial charge in [0.25, 0.3) is 0 Å². The maximum absolute atomic E-state index is 14.1. The van der Waals surface area contributed by atoms with E-state index < -0.39 is 30.5 Å². The van der Waals surface area contributed by atoms with Gasteiger partial charge in [-0.15, -0.1) is 0 Å². The lowest BCUT2D eigenvalue weighted by Gasteiger charge is -2.45. The summed E-state index contributed by atoms with van der Waals surface area (Å²) in [6.07, 6.45) is 0.267. The van der Waals surface area contributed by atoms with Crippen LogP contribution >= 0.6 is 0 Å². The molecule has 3 aliphatic carbocycles. The van der Waals surface area contributed by atoms with Crippen LogP contribution in [0.2, 0.25) is 0 Å². The molecular weight excluding hydrogens is 502 g/mol. The van der Waals surface area contributed by atoms with Crippen molar-refractivity contribution in [2.24, 2.45) is 17.8 Å². The first kappa shape index (κ1) is 26.2. The second kappa shape index (κ2) is 9.84. The number of carbonyl (C=O) groups is 4. The highest BCUT2D eigenvalue weighted by Gasteiger charge is 2.63. The van der Waals surface area contributed by atoms with Crippen molar-refractivity contribution < 1.29 is 23.9 Å². The van der Waals surface area contributed by atoms with E-state index in [0.717, 1.165) is 33.4 Å². The number of hydrogen-bond donors (Lipinski definition) is 0. The summed E-state index contributed by atoms with van der Waals surface area (Å²) in [4.78, 5) is 55.8. The number of carbonyl (C=O) groups excluding carboxylic acids is 4. The molecule has 1 heterocycles. The Balaban J connectivity index is 1.31. The number of ether oxygens (including phenoxy) is 1. The Bertz CT molecular complexity index is 1440. The van der Waals surface area contributed by atoms with Crippen molar-refractivity contribution >= 4 is 23.6 Å². The largest absolute Gasteiger partial charge is 0.456 e. The van der Waals surface area contributed by atoms with Gasteiger partial charge in [-0.05, 0) is 65.6 Å². The summed E-state index contributed by atoms with van der Waals surface area (Å²) < 4.78 is 5.51. The molecule has 2 amide bonds.